The number of carbonyl (C=O) groups is 3. The standard InChI is InChI=1S/C24H40N7O9PS/c1-15(32)42-14-30-17(33)8-9-26-23(35)20(34)24(2,3)11-39-41(36,37)38-10-16-6-5-7-18(40-16)31-13-29-21(25-4)19-22(31)28-12-27-19/h12,16,18,20,34H,5-11,13-14H2,1-4H3,(H,25,29)(H,26,35)(H,27,28)(H,30,33)(H,36,37). The third-order valence-electron chi connectivity index (χ3n) is 6.65. The fourth-order valence-electron chi connectivity index (χ4n) is 4.26. The van der Waals surface area contributed by atoms with Crippen molar-refractivity contribution in [3.8, 4) is 0 Å². The van der Waals surface area contributed by atoms with Gasteiger partial charge in [-0.05, 0) is 19.3 Å². The molecular formula is C24H40N7O9PS. The first kappa shape index (κ1) is 34.0. The summed E-state index contributed by atoms with van der Waals surface area (Å²) in [5.41, 5.74) is -0.509. The molecule has 1 aromatic rings. The Bertz CT molecular complexity index is 1180. The highest BCUT2D eigenvalue weighted by molar-refractivity contribution is 8.13. The van der Waals surface area contributed by atoms with Gasteiger partial charge in [0.25, 0.3) is 0 Å². The zero-order valence-electron chi connectivity index (χ0n) is 24.1. The maximum atomic E-state index is 12.6. The van der Waals surface area contributed by atoms with Gasteiger partial charge in [-0.25, -0.2) is 9.55 Å². The van der Waals surface area contributed by atoms with Crippen LogP contribution in [0.1, 0.15) is 52.1 Å². The highest BCUT2D eigenvalue weighted by Crippen LogP contribution is 2.45. The Morgan fingerprint density at radius 3 is 2.81 bits per heavy atom. The Hall–Kier alpha value is -2.53. The van der Waals surface area contributed by atoms with Crippen LogP contribution in [0.4, 0.5) is 5.82 Å². The lowest BCUT2D eigenvalue weighted by atomic mass is 9.87. The van der Waals surface area contributed by atoms with Crippen LogP contribution in [0.2, 0.25) is 0 Å². The van der Waals surface area contributed by atoms with Gasteiger partial charge in [-0.1, -0.05) is 25.6 Å². The second kappa shape index (κ2) is 15.3. The van der Waals surface area contributed by atoms with Crippen molar-refractivity contribution in [1.82, 2.24) is 25.9 Å². The highest BCUT2D eigenvalue weighted by atomic mass is 32.2. The van der Waals surface area contributed by atoms with Gasteiger partial charge in [0, 0.05) is 32.4 Å². The number of thioether (sulfide) groups is 1. The van der Waals surface area contributed by atoms with Crippen LogP contribution >= 0.6 is 19.6 Å². The van der Waals surface area contributed by atoms with Crippen molar-refractivity contribution in [1.29, 1.82) is 0 Å². The van der Waals surface area contributed by atoms with Crippen molar-refractivity contribution < 1.29 is 42.7 Å². The first-order valence-electron chi connectivity index (χ1n) is 13.5. The number of H-pyrrole nitrogens is 1. The number of aromatic amines is 1. The molecule has 0 aromatic carbocycles. The topological polar surface area (TPSA) is 217 Å². The number of phosphoric ester groups is 1. The molecule has 0 radical (unpaired) electrons. The number of ether oxygens (including phenoxy) is 1. The first-order chi connectivity index (χ1) is 19.8. The van der Waals surface area contributed by atoms with Gasteiger partial charge in [-0.15, -0.1) is 0 Å². The van der Waals surface area contributed by atoms with E-state index in [0.717, 1.165) is 30.3 Å². The van der Waals surface area contributed by atoms with E-state index in [1.807, 2.05) is 4.90 Å². The molecule has 42 heavy (non-hydrogen) atoms. The molecule has 3 heterocycles. The maximum Gasteiger partial charge on any atom is 0.472 e. The van der Waals surface area contributed by atoms with E-state index in [1.54, 1.807) is 13.4 Å². The third kappa shape index (κ3) is 9.76. The number of phosphoric acid groups is 1. The van der Waals surface area contributed by atoms with Crippen molar-refractivity contribution in [2.45, 2.75) is 64.9 Å². The number of fused-ring (bicyclic) bond motifs is 1. The van der Waals surface area contributed by atoms with Crippen molar-refractivity contribution in [2.75, 3.05) is 44.3 Å². The fraction of sp³-hybridized carbons (Fsp3) is 0.708. The van der Waals surface area contributed by atoms with Gasteiger partial charge >= 0.3 is 7.82 Å². The molecule has 0 aliphatic carbocycles. The summed E-state index contributed by atoms with van der Waals surface area (Å²) < 4.78 is 29.1. The fourth-order valence-corrected chi connectivity index (χ4v) is 5.62. The summed E-state index contributed by atoms with van der Waals surface area (Å²) in [7, 11) is -2.86. The number of hydrogen-bond acceptors (Lipinski definition) is 12. The molecular weight excluding hydrogens is 593 g/mol. The van der Waals surface area contributed by atoms with E-state index >= 15 is 0 Å². The number of amides is 2. The van der Waals surface area contributed by atoms with E-state index < -0.39 is 38.0 Å². The number of hydrogen-bond donors (Lipinski definition) is 6. The molecule has 1 fully saturated rings. The maximum absolute atomic E-state index is 12.6. The van der Waals surface area contributed by atoms with Crippen LogP contribution in [0.3, 0.4) is 0 Å². The van der Waals surface area contributed by atoms with Gasteiger partial charge in [0.15, 0.2) is 10.9 Å². The quantitative estimate of drug-likeness (QED) is 0.121. The number of nitrogens with one attached hydrogen (secondary N) is 4. The second-order valence-corrected chi connectivity index (χ2v) is 13.1. The average Bonchev–Trinajstić information content (AvgIpc) is 3.44. The van der Waals surface area contributed by atoms with Gasteiger partial charge in [0.2, 0.25) is 11.8 Å². The molecule has 18 heteroatoms. The van der Waals surface area contributed by atoms with Gasteiger partial charge in [0.05, 0.1) is 38.2 Å². The molecule has 0 saturated carbocycles. The Morgan fingerprint density at radius 2 is 2.10 bits per heavy atom. The zero-order valence-corrected chi connectivity index (χ0v) is 25.8. The number of aliphatic imine (C=N–C) groups is 1. The van der Waals surface area contributed by atoms with Crippen molar-refractivity contribution in [2.24, 2.45) is 10.4 Å². The molecule has 6 N–H and O–H groups in total. The number of anilines is 1. The summed E-state index contributed by atoms with van der Waals surface area (Å²) in [6.07, 6.45) is 1.27. The Kier molecular flexibility index (Phi) is 12.4. The number of amidine groups is 1. The predicted octanol–water partition coefficient (Wildman–Crippen LogP) is 0.429. The largest absolute Gasteiger partial charge is 0.472 e. The van der Waals surface area contributed by atoms with E-state index in [-0.39, 0.29) is 42.7 Å². The molecule has 0 bridgehead atoms. The van der Waals surface area contributed by atoms with Gasteiger partial charge in [-0.3, -0.25) is 28.4 Å². The summed E-state index contributed by atoms with van der Waals surface area (Å²) in [5.74, 6) is 0.389. The smallest absolute Gasteiger partial charge is 0.383 e. The molecule has 236 valence electrons. The van der Waals surface area contributed by atoms with Gasteiger partial charge < -0.3 is 40.6 Å². The number of aromatic nitrogens is 2. The average molecular weight is 634 g/mol. The monoisotopic (exact) mass is 633 g/mol. The third-order valence-corrected chi connectivity index (χ3v) is 8.28. The van der Waals surface area contributed by atoms with E-state index in [9.17, 15) is 28.9 Å². The number of imidazole rings is 1. The van der Waals surface area contributed by atoms with E-state index in [4.69, 9.17) is 13.8 Å². The number of aliphatic hydroxyl groups is 1. The van der Waals surface area contributed by atoms with Crippen molar-refractivity contribution in [3.05, 3.63) is 12.0 Å². The summed E-state index contributed by atoms with van der Waals surface area (Å²) in [4.78, 5) is 58.9. The van der Waals surface area contributed by atoms with Gasteiger partial charge in [0.1, 0.15) is 23.9 Å². The van der Waals surface area contributed by atoms with Crippen LogP contribution in [0.5, 0.6) is 0 Å². The van der Waals surface area contributed by atoms with Crippen LogP contribution in [0, 0.1) is 5.41 Å². The van der Waals surface area contributed by atoms with Crippen LogP contribution in [0.25, 0.3) is 0 Å². The minimum Gasteiger partial charge on any atom is -0.383 e. The Balaban J connectivity index is 1.42. The Labute approximate surface area is 248 Å². The molecule has 0 spiro atoms. The second-order valence-electron chi connectivity index (χ2n) is 10.5. The minimum atomic E-state index is -4.55. The molecule has 2 amide bonds. The van der Waals surface area contributed by atoms with Crippen LogP contribution in [-0.2, 0) is 32.7 Å². The summed E-state index contributed by atoms with van der Waals surface area (Å²) in [6, 6.07) is 0. The van der Waals surface area contributed by atoms with Gasteiger partial charge in [-0.2, -0.15) is 0 Å². The molecule has 3 rings (SSSR count). The van der Waals surface area contributed by atoms with Crippen LogP contribution in [-0.4, -0.2) is 101 Å². The van der Waals surface area contributed by atoms with E-state index in [2.05, 4.69) is 30.9 Å². The van der Waals surface area contributed by atoms with E-state index in [1.165, 1.54) is 20.8 Å². The predicted molar refractivity (Wildman–Crippen MR) is 154 cm³/mol. The highest BCUT2D eigenvalue weighted by Gasteiger charge is 2.38. The van der Waals surface area contributed by atoms with Crippen LogP contribution in [0.15, 0.2) is 11.3 Å². The molecule has 1 aromatic heterocycles. The lowest BCUT2D eigenvalue weighted by Gasteiger charge is -2.40. The molecule has 4 unspecified atom stereocenters. The lowest BCUT2D eigenvalue weighted by molar-refractivity contribution is -0.137. The normalized spacial score (nSPS) is 22.0. The van der Waals surface area contributed by atoms with Crippen molar-refractivity contribution in [3.63, 3.8) is 0 Å². The molecule has 2 aliphatic heterocycles. The summed E-state index contributed by atoms with van der Waals surface area (Å²) in [5, 5.41) is 18.5. The van der Waals surface area contributed by atoms with E-state index in [0.29, 0.717) is 24.7 Å². The number of aliphatic hydroxyl groups excluding tert-OH is 1. The minimum absolute atomic E-state index is 0.0459. The number of rotatable bonds is 14. The summed E-state index contributed by atoms with van der Waals surface area (Å²) >= 11 is 0.947. The molecule has 4 atom stereocenters. The summed E-state index contributed by atoms with van der Waals surface area (Å²) in [6.45, 7) is 4.09. The number of carbonyl (C=O) groups excluding carboxylic acids is 3. The SMILES string of the molecule is CN=C1NCN(C2CCCC(COP(=O)(O)OCC(C)(C)C(O)C(=O)NCCC(=O)NCSC(C)=O)O2)c2nc[nH]c21. The van der Waals surface area contributed by atoms with Crippen molar-refractivity contribution >= 4 is 48.2 Å². The lowest BCUT2D eigenvalue weighted by Crippen LogP contribution is -2.52. The zero-order chi connectivity index (χ0) is 30.9. The molecule has 16 nitrogen and oxygen atoms in total. The number of nitrogens with zero attached hydrogens (tertiary/aromatic N) is 3. The van der Waals surface area contributed by atoms with Crippen LogP contribution < -0.4 is 20.9 Å². The Morgan fingerprint density at radius 1 is 1.33 bits per heavy atom. The molecule has 1 saturated heterocycles. The molecule has 2 aliphatic rings. The first-order valence-corrected chi connectivity index (χ1v) is 16.0.